The van der Waals surface area contributed by atoms with Gasteiger partial charge in [0.1, 0.15) is 0 Å². The first-order valence-electron chi connectivity index (χ1n) is 9.32. The van der Waals surface area contributed by atoms with E-state index in [0.717, 1.165) is 50.3 Å². The van der Waals surface area contributed by atoms with Gasteiger partial charge in [0.2, 0.25) is 5.91 Å². The van der Waals surface area contributed by atoms with Gasteiger partial charge in [0.15, 0.2) is 0 Å². The zero-order chi connectivity index (χ0) is 16.8. The van der Waals surface area contributed by atoms with Gasteiger partial charge in [-0.1, -0.05) is 0 Å². The molecule has 0 spiro atoms. The summed E-state index contributed by atoms with van der Waals surface area (Å²) in [5, 5.41) is 4.37. The second kappa shape index (κ2) is 5.86. The van der Waals surface area contributed by atoms with Gasteiger partial charge in [-0.3, -0.25) is 14.5 Å². The maximum atomic E-state index is 13.4. The fourth-order valence-electron chi connectivity index (χ4n) is 4.71. The lowest BCUT2D eigenvalue weighted by molar-refractivity contribution is -0.134. The third-order valence-electron chi connectivity index (χ3n) is 5.90. The van der Waals surface area contributed by atoms with Crippen molar-refractivity contribution in [2.24, 2.45) is 0 Å². The van der Waals surface area contributed by atoms with Gasteiger partial charge < -0.3 is 9.80 Å². The normalized spacial score (nSPS) is 25.1. The maximum Gasteiger partial charge on any atom is 0.232 e. The molecule has 0 aromatic carbocycles. The molecule has 5 rings (SSSR count). The first-order chi connectivity index (χ1) is 12.3. The minimum absolute atomic E-state index is 0.0589. The van der Waals surface area contributed by atoms with Gasteiger partial charge in [-0.25, -0.2) is 0 Å². The van der Waals surface area contributed by atoms with Crippen LogP contribution in [0.15, 0.2) is 30.6 Å². The topological polar surface area (TPSA) is 54.3 Å². The number of fused-ring (bicyclic) bond motifs is 4. The zero-order valence-electron chi connectivity index (χ0n) is 14.3. The Morgan fingerprint density at radius 3 is 3.00 bits per heavy atom. The fraction of sp³-hybridized carbons (Fsp3) is 0.526. The van der Waals surface area contributed by atoms with Crippen LogP contribution in [0, 0.1) is 0 Å². The SMILES string of the molecule is O=C(C1CCCn2nccc21)N1Cc2ncccc2N2CCC[C@H]2C1. The van der Waals surface area contributed by atoms with E-state index >= 15 is 0 Å². The van der Waals surface area contributed by atoms with Crippen molar-refractivity contribution in [3.05, 3.63) is 42.0 Å². The van der Waals surface area contributed by atoms with Gasteiger partial charge in [-0.15, -0.1) is 0 Å². The molecular weight excluding hydrogens is 314 g/mol. The van der Waals surface area contributed by atoms with E-state index in [1.54, 1.807) is 0 Å². The number of aryl methyl sites for hydroxylation is 1. The monoisotopic (exact) mass is 337 g/mol. The van der Waals surface area contributed by atoms with E-state index in [4.69, 9.17) is 0 Å². The Labute approximate surface area is 147 Å². The molecule has 1 amide bonds. The van der Waals surface area contributed by atoms with Crippen LogP contribution in [0.2, 0.25) is 0 Å². The second-order valence-electron chi connectivity index (χ2n) is 7.35. The summed E-state index contributed by atoms with van der Waals surface area (Å²) in [6.07, 6.45) is 7.94. The summed E-state index contributed by atoms with van der Waals surface area (Å²) in [4.78, 5) is 22.5. The van der Waals surface area contributed by atoms with Crippen LogP contribution in [0.3, 0.4) is 0 Å². The molecule has 0 saturated carbocycles. The molecule has 2 aromatic rings. The van der Waals surface area contributed by atoms with Gasteiger partial charge >= 0.3 is 0 Å². The number of carbonyl (C=O) groups excluding carboxylic acids is 1. The van der Waals surface area contributed by atoms with E-state index in [1.165, 1.54) is 12.1 Å². The first-order valence-corrected chi connectivity index (χ1v) is 9.32. The average molecular weight is 337 g/mol. The van der Waals surface area contributed by atoms with Crippen LogP contribution < -0.4 is 4.90 Å². The van der Waals surface area contributed by atoms with Crippen LogP contribution in [0.25, 0.3) is 0 Å². The van der Waals surface area contributed by atoms with Crippen molar-refractivity contribution in [2.45, 2.75) is 50.7 Å². The van der Waals surface area contributed by atoms with Crippen LogP contribution >= 0.6 is 0 Å². The number of anilines is 1. The molecule has 2 aromatic heterocycles. The molecule has 0 aliphatic carbocycles. The van der Waals surface area contributed by atoms with Crippen molar-refractivity contribution < 1.29 is 4.79 Å². The van der Waals surface area contributed by atoms with Gasteiger partial charge in [0, 0.05) is 38.1 Å². The van der Waals surface area contributed by atoms with Crippen LogP contribution in [0.1, 0.15) is 43.0 Å². The molecule has 3 aliphatic heterocycles. The highest BCUT2D eigenvalue weighted by molar-refractivity contribution is 5.84. The summed E-state index contributed by atoms with van der Waals surface area (Å²) in [5.41, 5.74) is 3.32. The molecule has 25 heavy (non-hydrogen) atoms. The molecule has 130 valence electrons. The molecule has 1 saturated heterocycles. The number of rotatable bonds is 1. The molecule has 5 heterocycles. The first kappa shape index (κ1) is 14.9. The second-order valence-corrected chi connectivity index (χ2v) is 7.35. The number of aromatic nitrogens is 3. The molecule has 6 nitrogen and oxygen atoms in total. The standard InChI is InChI=1S/C19H23N5O/c25-19(15-5-3-11-24-17(15)7-9-21-24)22-12-14-4-2-10-23(14)18-6-1-8-20-16(18)13-22/h1,6-9,14-15H,2-5,10-13H2/t14-,15?/m0/s1. The van der Waals surface area contributed by atoms with Crippen molar-refractivity contribution in [2.75, 3.05) is 18.0 Å². The maximum absolute atomic E-state index is 13.4. The third kappa shape index (κ3) is 2.42. The number of carbonyl (C=O) groups is 1. The van der Waals surface area contributed by atoms with Gasteiger partial charge in [-0.05, 0) is 43.9 Å². The van der Waals surface area contributed by atoms with Gasteiger partial charge in [-0.2, -0.15) is 5.10 Å². The van der Waals surface area contributed by atoms with Gasteiger partial charge in [0.05, 0.1) is 29.5 Å². The van der Waals surface area contributed by atoms with Gasteiger partial charge in [0.25, 0.3) is 0 Å². The predicted molar refractivity (Wildman–Crippen MR) is 94.2 cm³/mol. The van der Waals surface area contributed by atoms with Crippen molar-refractivity contribution in [3.63, 3.8) is 0 Å². The third-order valence-corrected chi connectivity index (χ3v) is 5.90. The summed E-state index contributed by atoms with van der Waals surface area (Å²) < 4.78 is 2.00. The number of hydrogen-bond acceptors (Lipinski definition) is 4. The van der Waals surface area contributed by atoms with Crippen molar-refractivity contribution in [3.8, 4) is 0 Å². The Hall–Kier alpha value is -2.37. The molecule has 1 fully saturated rings. The lowest BCUT2D eigenvalue weighted by Crippen LogP contribution is -2.42. The lowest BCUT2D eigenvalue weighted by atomic mass is 9.94. The minimum atomic E-state index is -0.0589. The van der Waals surface area contributed by atoms with Crippen molar-refractivity contribution in [1.29, 1.82) is 0 Å². The van der Waals surface area contributed by atoms with E-state index in [0.29, 0.717) is 12.6 Å². The van der Waals surface area contributed by atoms with Crippen LogP contribution in [-0.4, -0.2) is 44.7 Å². The molecule has 0 bridgehead atoms. The summed E-state index contributed by atoms with van der Waals surface area (Å²) in [6.45, 7) is 3.42. The molecular formula is C19H23N5O. The smallest absolute Gasteiger partial charge is 0.232 e. The number of pyridine rings is 1. The van der Waals surface area contributed by atoms with E-state index in [-0.39, 0.29) is 11.8 Å². The van der Waals surface area contributed by atoms with Crippen molar-refractivity contribution >= 4 is 11.6 Å². The Balaban J connectivity index is 1.48. The Morgan fingerprint density at radius 1 is 1.12 bits per heavy atom. The number of hydrogen-bond donors (Lipinski definition) is 0. The molecule has 3 aliphatic rings. The highest BCUT2D eigenvalue weighted by Crippen LogP contribution is 2.35. The van der Waals surface area contributed by atoms with E-state index in [9.17, 15) is 4.79 Å². The minimum Gasteiger partial charge on any atom is -0.365 e. The quantitative estimate of drug-likeness (QED) is 0.800. The summed E-state index contributed by atoms with van der Waals surface area (Å²) in [6, 6.07) is 6.59. The number of nitrogens with zero attached hydrogens (tertiary/aromatic N) is 5. The largest absolute Gasteiger partial charge is 0.365 e. The predicted octanol–water partition coefficient (Wildman–Crippen LogP) is 2.17. The molecule has 2 atom stereocenters. The van der Waals surface area contributed by atoms with Crippen LogP contribution in [-0.2, 0) is 17.9 Å². The van der Waals surface area contributed by atoms with E-state index < -0.39 is 0 Å². The highest BCUT2D eigenvalue weighted by atomic mass is 16.2. The van der Waals surface area contributed by atoms with E-state index in [1.807, 2.05) is 29.2 Å². The van der Waals surface area contributed by atoms with E-state index in [2.05, 4.69) is 25.9 Å². The summed E-state index contributed by atoms with van der Waals surface area (Å²) >= 11 is 0. The average Bonchev–Trinajstić information content (AvgIpc) is 3.27. The molecule has 0 N–H and O–H groups in total. The Kier molecular flexibility index (Phi) is 3.50. The highest BCUT2D eigenvalue weighted by Gasteiger charge is 2.37. The number of amides is 1. The molecule has 0 radical (unpaired) electrons. The van der Waals surface area contributed by atoms with Crippen LogP contribution in [0.4, 0.5) is 5.69 Å². The molecule has 6 heteroatoms. The fourth-order valence-corrected chi connectivity index (χ4v) is 4.71. The van der Waals surface area contributed by atoms with Crippen LogP contribution in [0.5, 0.6) is 0 Å². The van der Waals surface area contributed by atoms with Crippen molar-refractivity contribution in [1.82, 2.24) is 19.7 Å². The summed E-state index contributed by atoms with van der Waals surface area (Å²) in [5.74, 6) is 0.183. The zero-order valence-corrected chi connectivity index (χ0v) is 14.3. The Bertz CT molecular complexity index is 801. The summed E-state index contributed by atoms with van der Waals surface area (Å²) in [7, 11) is 0. The lowest BCUT2D eigenvalue weighted by Gasteiger charge is -2.31. The Morgan fingerprint density at radius 2 is 2.04 bits per heavy atom. The molecule has 1 unspecified atom stereocenters.